The monoisotopic (exact) mass is 282 g/mol. The summed E-state index contributed by atoms with van der Waals surface area (Å²) in [6.07, 6.45) is 1.89. The molecule has 0 saturated carbocycles. The van der Waals surface area contributed by atoms with E-state index < -0.39 is 0 Å². The molecule has 2 rings (SSSR count). The second-order valence-electron chi connectivity index (χ2n) is 5.23. The number of amides is 1. The number of hydrogen-bond donors (Lipinski definition) is 0. The first-order valence-corrected chi connectivity index (χ1v) is 7.77. The van der Waals surface area contributed by atoms with Crippen LogP contribution in [-0.2, 0) is 9.53 Å². The maximum Gasteiger partial charge on any atom is 0.234 e. The Bertz CT molecular complexity index is 446. The molecule has 0 spiro atoms. The van der Waals surface area contributed by atoms with E-state index in [-0.39, 0.29) is 17.9 Å². The van der Waals surface area contributed by atoms with Gasteiger partial charge in [0, 0.05) is 19.0 Å². The molecule has 1 fully saturated rings. The molecule has 4 nitrogen and oxygen atoms in total. The third-order valence-corrected chi connectivity index (χ3v) is 4.87. The zero-order valence-electron chi connectivity index (χ0n) is 12.0. The van der Waals surface area contributed by atoms with Gasteiger partial charge >= 0.3 is 0 Å². The van der Waals surface area contributed by atoms with E-state index in [1.807, 2.05) is 14.0 Å². The summed E-state index contributed by atoms with van der Waals surface area (Å²) in [5.74, 6) is 0.540. The third kappa shape index (κ3) is 2.98. The fraction of sp³-hybridized carbons (Fsp3) is 0.714. The highest BCUT2D eigenvalue weighted by atomic mass is 32.1. The van der Waals surface area contributed by atoms with Crippen molar-refractivity contribution < 1.29 is 9.53 Å². The van der Waals surface area contributed by atoms with Gasteiger partial charge in [0.1, 0.15) is 0 Å². The Hall–Kier alpha value is -0.940. The number of carbonyl (C=O) groups is 1. The molecule has 3 atom stereocenters. The molecule has 0 aliphatic carbocycles. The Morgan fingerprint density at radius 1 is 1.68 bits per heavy atom. The van der Waals surface area contributed by atoms with E-state index in [4.69, 9.17) is 4.74 Å². The first-order chi connectivity index (χ1) is 9.04. The molecule has 0 N–H and O–H groups in total. The number of thiazole rings is 1. The van der Waals surface area contributed by atoms with Crippen LogP contribution in [0.15, 0.2) is 5.38 Å². The van der Waals surface area contributed by atoms with Crippen LogP contribution in [0.1, 0.15) is 45.2 Å². The Labute approximate surface area is 118 Å². The first-order valence-electron chi connectivity index (χ1n) is 6.89. The maximum atomic E-state index is 12.4. The molecule has 106 valence electrons. The van der Waals surface area contributed by atoms with Gasteiger partial charge in [0.05, 0.1) is 17.7 Å². The number of nitrogens with zero attached hydrogens (tertiary/aromatic N) is 2. The highest BCUT2D eigenvalue weighted by Gasteiger charge is 2.33. The minimum Gasteiger partial charge on any atom is -0.378 e. The highest BCUT2D eigenvalue weighted by molar-refractivity contribution is 7.14. The summed E-state index contributed by atoms with van der Waals surface area (Å²) in [6, 6.07) is 0. The lowest BCUT2D eigenvalue weighted by molar-refractivity contribution is -0.123. The molecular formula is C14H22N2O2S. The van der Waals surface area contributed by atoms with Gasteiger partial charge in [-0.2, -0.15) is 0 Å². The molecule has 19 heavy (non-hydrogen) atoms. The fourth-order valence-electron chi connectivity index (χ4n) is 2.26. The molecule has 0 unspecified atom stereocenters. The number of anilines is 1. The number of ether oxygens (including phenoxy) is 1. The second kappa shape index (κ2) is 6.01. The molecule has 2 heterocycles. The summed E-state index contributed by atoms with van der Waals surface area (Å²) in [4.78, 5) is 18.7. The van der Waals surface area contributed by atoms with Gasteiger partial charge in [-0.05, 0) is 25.7 Å². The summed E-state index contributed by atoms with van der Waals surface area (Å²) in [6.45, 7) is 6.96. The van der Waals surface area contributed by atoms with Crippen LogP contribution in [0.2, 0.25) is 0 Å². The standard InChI is InChI=1S/C14H22N2O2S/c1-5-9(2)12-8-19-14(15-12)16(4)13(17)11-6-7-18-10(11)3/h8-11H,5-7H2,1-4H3/t9-,10-,11-/m0/s1. The zero-order valence-corrected chi connectivity index (χ0v) is 12.9. The Balaban J connectivity index is 2.08. The van der Waals surface area contributed by atoms with Gasteiger partial charge in [0.15, 0.2) is 5.13 Å². The van der Waals surface area contributed by atoms with Gasteiger partial charge in [-0.3, -0.25) is 9.69 Å². The normalized spacial score (nSPS) is 24.4. The molecule has 1 aliphatic rings. The predicted octanol–water partition coefficient (Wildman–Crippen LogP) is 3.04. The van der Waals surface area contributed by atoms with Crippen LogP contribution in [0.4, 0.5) is 5.13 Å². The molecule has 0 aromatic carbocycles. The van der Waals surface area contributed by atoms with Crippen LogP contribution in [0.5, 0.6) is 0 Å². The zero-order chi connectivity index (χ0) is 14.0. The van der Waals surface area contributed by atoms with Crippen molar-refractivity contribution in [1.29, 1.82) is 0 Å². The Morgan fingerprint density at radius 2 is 2.42 bits per heavy atom. The lowest BCUT2D eigenvalue weighted by Crippen LogP contribution is -2.35. The van der Waals surface area contributed by atoms with Crippen molar-refractivity contribution >= 4 is 22.4 Å². The summed E-state index contributed by atoms with van der Waals surface area (Å²) >= 11 is 1.54. The van der Waals surface area contributed by atoms with Crippen LogP contribution >= 0.6 is 11.3 Å². The van der Waals surface area contributed by atoms with Crippen molar-refractivity contribution in [1.82, 2.24) is 4.98 Å². The van der Waals surface area contributed by atoms with E-state index in [1.165, 1.54) is 0 Å². The van der Waals surface area contributed by atoms with E-state index in [9.17, 15) is 4.79 Å². The minimum absolute atomic E-state index is 0.0175. The fourth-order valence-corrected chi connectivity index (χ4v) is 3.18. The summed E-state index contributed by atoms with van der Waals surface area (Å²) in [5, 5.41) is 2.85. The van der Waals surface area contributed by atoms with E-state index in [0.29, 0.717) is 12.5 Å². The lowest BCUT2D eigenvalue weighted by atomic mass is 10.0. The van der Waals surface area contributed by atoms with Crippen molar-refractivity contribution in [2.45, 2.75) is 45.6 Å². The van der Waals surface area contributed by atoms with Crippen LogP contribution in [0.25, 0.3) is 0 Å². The third-order valence-electron chi connectivity index (χ3n) is 3.94. The molecule has 5 heteroatoms. The van der Waals surface area contributed by atoms with Crippen molar-refractivity contribution in [3.63, 3.8) is 0 Å². The molecule has 0 bridgehead atoms. The van der Waals surface area contributed by atoms with Crippen LogP contribution < -0.4 is 4.90 Å². The highest BCUT2D eigenvalue weighted by Crippen LogP contribution is 2.29. The molecular weight excluding hydrogens is 260 g/mol. The van der Waals surface area contributed by atoms with E-state index in [0.717, 1.165) is 23.7 Å². The van der Waals surface area contributed by atoms with Gasteiger partial charge in [0.2, 0.25) is 5.91 Å². The number of rotatable bonds is 4. The molecule has 0 radical (unpaired) electrons. The van der Waals surface area contributed by atoms with Crippen molar-refractivity contribution in [2.75, 3.05) is 18.6 Å². The summed E-state index contributed by atoms with van der Waals surface area (Å²) in [5.41, 5.74) is 1.08. The molecule has 1 aromatic rings. The summed E-state index contributed by atoms with van der Waals surface area (Å²) < 4.78 is 5.47. The quantitative estimate of drug-likeness (QED) is 0.852. The van der Waals surface area contributed by atoms with E-state index in [2.05, 4.69) is 24.2 Å². The first kappa shape index (κ1) is 14.5. The van der Waals surface area contributed by atoms with Gasteiger partial charge < -0.3 is 4.74 Å². The van der Waals surface area contributed by atoms with Crippen molar-refractivity contribution in [3.05, 3.63) is 11.1 Å². The number of carbonyl (C=O) groups excluding carboxylic acids is 1. The second-order valence-corrected chi connectivity index (χ2v) is 6.07. The van der Waals surface area contributed by atoms with Gasteiger partial charge in [0.25, 0.3) is 0 Å². The predicted molar refractivity (Wildman–Crippen MR) is 77.8 cm³/mol. The van der Waals surface area contributed by atoms with Crippen molar-refractivity contribution in [2.24, 2.45) is 5.92 Å². The van der Waals surface area contributed by atoms with E-state index >= 15 is 0 Å². The number of hydrogen-bond acceptors (Lipinski definition) is 4. The molecule has 1 aromatic heterocycles. The number of aromatic nitrogens is 1. The Morgan fingerprint density at radius 3 is 3.00 bits per heavy atom. The smallest absolute Gasteiger partial charge is 0.234 e. The summed E-state index contributed by atoms with van der Waals surface area (Å²) in [7, 11) is 1.81. The minimum atomic E-state index is -0.0269. The largest absolute Gasteiger partial charge is 0.378 e. The average Bonchev–Trinajstić information content (AvgIpc) is 3.04. The maximum absolute atomic E-state index is 12.4. The van der Waals surface area contributed by atoms with Crippen LogP contribution in [-0.4, -0.2) is 30.6 Å². The van der Waals surface area contributed by atoms with Crippen LogP contribution in [0, 0.1) is 5.92 Å². The van der Waals surface area contributed by atoms with Crippen LogP contribution in [0.3, 0.4) is 0 Å². The lowest BCUT2D eigenvalue weighted by Gasteiger charge is -2.20. The van der Waals surface area contributed by atoms with Gasteiger partial charge in [-0.1, -0.05) is 13.8 Å². The SMILES string of the molecule is CC[C@H](C)c1csc(N(C)C(=O)[C@H]2CCO[C@H]2C)n1. The van der Waals surface area contributed by atoms with Gasteiger partial charge in [-0.15, -0.1) is 11.3 Å². The van der Waals surface area contributed by atoms with E-state index in [1.54, 1.807) is 16.2 Å². The average molecular weight is 282 g/mol. The topological polar surface area (TPSA) is 42.4 Å². The molecule has 1 amide bonds. The molecule has 1 saturated heterocycles. The molecule has 1 aliphatic heterocycles. The van der Waals surface area contributed by atoms with Crippen molar-refractivity contribution in [3.8, 4) is 0 Å². The van der Waals surface area contributed by atoms with Gasteiger partial charge in [-0.25, -0.2) is 4.98 Å². The Kier molecular flexibility index (Phi) is 4.58.